The molecule has 1 saturated carbocycles. The molecule has 0 spiro atoms. The summed E-state index contributed by atoms with van der Waals surface area (Å²) in [6.07, 6.45) is -0.443. The second kappa shape index (κ2) is 10.2. The molecule has 0 aliphatic heterocycles. The van der Waals surface area contributed by atoms with Gasteiger partial charge in [0.05, 0.1) is 29.7 Å². The molecule has 0 saturated heterocycles. The van der Waals surface area contributed by atoms with Crippen molar-refractivity contribution < 1.29 is 33.9 Å². The maximum absolute atomic E-state index is 13.1. The van der Waals surface area contributed by atoms with Gasteiger partial charge in [-0.05, 0) is 24.3 Å². The van der Waals surface area contributed by atoms with Crippen molar-refractivity contribution >= 4 is 23.4 Å². The van der Waals surface area contributed by atoms with E-state index >= 15 is 0 Å². The number of nitrogens with zero attached hydrogens (tertiary/aromatic N) is 1. The zero-order chi connectivity index (χ0) is 24.2. The summed E-state index contributed by atoms with van der Waals surface area (Å²) in [5.74, 6) is -6.00. The van der Waals surface area contributed by atoms with E-state index < -0.39 is 52.4 Å². The van der Waals surface area contributed by atoms with Crippen LogP contribution in [0.15, 0.2) is 24.3 Å². The first-order valence-corrected chi connectivity index (χ1v) is 10.7. The van der Waals surface area contributed by atoms with Gasteiger partial charge in [0.2, 0.25) is 0 Å². The van der Waals surface area contributed by atoms with Crippen LogP contribution < -0.4 is 0 Å². The number of nitro benzene ring substituents is 1. The molecule has 176 valence electrons. The van der Waals surface area contributed by atoms with Crippen LogP contribution in [0, 0.1) is 33.8 Å². The van der Waals surface area contributed by atoms with Gasteiger partial charge in [-0.15, -0.1) is 0 Å². The zero-order valence-electron chi connectivity index (χ0n) is 19.1. The minimum atomic E-state index is -1.81. The Kier molecular flexibility index (Phi) is 8.12. The molecule has 32 heavy (non-hydrogen) atoms. The molecule has 1 aliphatic carbocycles. The summed E-state index contributed by atoms with van der Waals surface area (Å²) in [6, 6.07) is 5.39. The van der Waals surface area contributed by atoms with Crippen molar-refractivity contribution in [3.63, 3.8) is 0 Å². The maximum Gasteiger partial charge on any atom is 0.317 e. The fourth-order valence-corrected chi connectivity index (χ4v) is 3.94. The highest BCUT2D eigenvalue weighted by molar-refractivity contribution is 6.02. The lowest BCUT2D eigenvalue weighted by Crippen LogP contribution is -2.55. The molecule has 1 fully saturated rings. The Hall–Kier alpha value is -2.81. The Bertz CT molecular complexity index is 877. The first kappa shape index (κ1) is 25.5. The number of non-ortho nitro benzene ring substituents is 1. The van der Waals surface area contributed by atoms with E-state index in [0.717, 1.165) is 0 Å². The Morgan fingerprint density at radius 3 is 2.25 bits per heavy atom. The van der Waals surface area contributed by atoms with Crippen molar-refractivity contribution in [2.75, 3.05) is 13.2 Å². The number of ketones is 1. The van der Waals surface area contributed by atoms with Gasteiger partial charge >= 0.3 is 11.9 Å². The molecule has 1 aromatic rings. The van der Waals surface area contributed by atoms with E-state index in [4.69, 9.17) is 9.47 Å². The largest absolute Gasteiger partial charge is 0.465 e. The summed E-state index contributed by atoms with van der Waals surface area (Å²) < 4.78 is 10.7. The van der Waals surface area contributed by atoms with Crippen LogP contribution in [-0.4, -0.2) is 46.6 Å². The Balaban J connectivity index is 2.60. The average molecular weight is 450 g/mol. The van der Waals surface area contributed by atoms with Gasteiger partial charge in [0.15, 0.2) is 5.78 Å². The first-order valence-electron chi connectivity index (χ1n) is 10.7. The summed E-state index contributed by atoms with van der Waals surface area (Å²) in [5, 5.41) is 22.4. The normalized spacial score (nSPS) is 25.6. The van der Waals surface area contributed by atoms with Crippen LogP contribution in [0.2, 0.25) is 0 Å². The molecule has 0 radical (unpaired) electrons. The molecule has 0 aromatic heterocycles. The fourth-order valence-electron chi connectivity index (χ4n) is 3.94. The number of carbonyl (C=O) groups is 3. The molecule has 4 atom stereocenters. The van der Waals surface area contributed by atoms with Crippen LogP contribution in [0.5, 0.6) is 0 Å². The van der Waals surface area contributed by atoms with Crippen LogP contribution in [0.4, 0.5) is 5.69 Å². The predicted octanol–water partition coefficient (Wildman–Crippen LogP) is 3.03. The van der Waals surface area contributed by atoms with Gasteiger partial charge in [0.25, 0.3) is 5.69 Å². The van der Waals surface area contributed by atoms with Gasteiger partial charge < -0.3 is 14.6 Å². The molecule has 1 aromatic carbocycles. The molecule has 2 rings (SSSR count). The number of hydrogen-bond acceptors (Lipinski definition) is 8. The summed E-state index contributed by atoms with van der Waals surface area (Å²) in [6.45, 7) is 8.87. The summed E-state index contributed by atoms with van der Waals surface area (Å²) in [7, 11) is 0. The number of esters is 2. The number of carbonyl (C=O) groups excluding carboxylic acids is 3. The number of rotatable bonds is 8. The van der Waals surface area contributed by atoms with Crippen LogP contribution >= 0.6 is 0 Å². The number of ether oxygens (including phenoxy) is 2. The minimum absolute atomic E-state index is 0.0174. The predicted molar refractivity (Wildman–Crippen MR) is 115 cm³/mol. The SMILES string of the molecule is CC(C)COC(=O)[C@@H]1C(=O)C[C@](C)(O)[C@@H](C(=O)OCC(C)C)[C@@H]1c1cccc([N+](=O)[O-])c1. The fraction of sp³-hybridized carbons (Fsp3) is 0.609. The van der Waals surface area contributed by atoms with E-state index in [0.29, 0.717) is 0 Å². The molecule has 0 unspecified atom stereocenters. The molecule has 9 heteroatoms. The van der Waals surface area contributed by atoms with E-state index in [1.807, 2.05) is 27.7 Å². The van der Waals surface area contributed by atoms with Gasteiger partial charge in [-0.1, -0.05) is 39.8 Å². The van der Waals surface area contributed by atoms with Crippen molar-refractivity contribution in [2.45, 2.75) is 52.6 Å². The third kappa shape index (κ3) is 5.91. The third-order valence-corrected chi connectivity index (χ3v) is 5.36. The number of aliphatic hydroxyl groups is 1. The van der Waals surface area contributed by atoms with Crippen molar-refractivity contribution in [1.29, 1.82) is 0 Å². The van der Waals surface area contributed by atoms with E-state index in [9.17, 15) is 29.6 Å². The Labute approximate surface area is 187 Å². The van der Waals surface area contributed by atoms with E-state index in [2.05, 4.69) is 0 Å². The third-order valence-electron chi connectivity index (χ3n) is 5.36. The Morgan fingerprint density at radius 1 is 1.16 bits per heavy atom. The second-order valence-electron chi connectivity index (χ2n) is 9.38. The van der Waals surface area contributed by atoms with Gasteiger partial charge in [-0.3, -0.25) is 24.5 Å². The number of benzene rings is 1. The first-order chi connectivity index (χ1) is 14.8. The number of hydrogen-bond donors (Lipinski definition) is 1. The van der Waals surface area contributed by atoms with Crippen LogP contribution in [0.1, 0.15) is 52.5 Å². The molecule has 9 nitrogen and oxygen atoms in total. The van der Waals surface area contributed by atoms with Crippen molar-refractivity contribution in [2.24, 2.45) is 23.7 Å². The molecule has 0 amide bonds. The standard InChI is InChI=1S/C23H31NO8/c1-13(2)11-31-21(26)19-17(25)10-23(5,28)20(22(27)32-12-14(3)4)18(19)15-7-6-8-16(9-15)24(29)30/h6-9,13-14,18-20,28H,10-12H2,1-5H3/t18-,19-,20-,23+/m1/s1. The van der Waals surface area contributed by atoms with Crippen LogP contribution in [0.25, 0.3) is 0 Å². The highest BCUT2D eigenvalue weighted by Crippen LogP contribution is 2.47. The number of nitro groups is 1. The summed E-state index contributed by atoms with van der Waals surface area (Å²) in [4.78, 5) is 49.7. The lowest BCUT2D eigenvalue weighted by molar-refractivity contribution is -0.385. The van der Waals surface area contributed by atoms with Crippen molar-refractivity contribution in [1.82, 2.24) is 0 Å². The maximum atomic E-state index is 13.1. The van der Waals surface area contributed by atoms with Gasteiger partial charge in [0, 0.05) is 24.5 Å². The Morgan fingerprint density at radius 2 is 1.72 bits per heavy atom. The van der Waals surface area contributed by atoms with Gasteiger partial charge in [-0.25, -0.2) is 0 Å². The highest BCUT2D eigenvalue weighted by Gasteiger charge is 2.57. The lowest BCUT2D eigenvalue weighted by atomic mass is 9.61. The molecule has 0 heterocycles. The second-order valence-corrected chi connectivity index (χ2v) is 9.38. The van der Waals surface area contributed by atoms with E-state index in [1.54, 1.807) is 0 Å². The van der Waals surface area contributed by atoms with Crippen LogP contribution in [0.3, 0.4) is 0 Å². The smallest absolute Gasteiger partial charge is 0.317 e. The monoisotopic (exact) mass is 449 g/mol. The molecule has 1 N–H and O–H groups in total. The van der Waals surface area contributed by atoms with E-state index in [1.165, 1.54) is 31.2 Å². The topological polar surface area (TPSA) is 133 Å². The number of Topliss-reactive ketones (excluding diaryl/α,β-unsaturated/α-hetero) is 1. The van der Waals surface area contributed by atoms with E-state index in [-0.39, 0.29) is 36.3 Å². The lowest BCUT2D eigenvalue weighted by Gasteiger charge is -2.43. The minimum Gasteiger partial charge on any atom is -0.465 e. The van der Waals surface area contributed by atoms with Crippen LogP contribution in [-0.2, 0) is 23.9 Å². The van der Waals surface area contributed by atoms with Gasteiger partial charge in [-0.2, -0.15) is 0 Å². The molecule has 0 bridgehead atoms. The summed E-state index contributed by atoms with van der Waals surface area (Å²) >= 11 is 0. The highest BCUT2D eigenvalue weighted by atomic mass is 16.6. The molecule has 1 aliphatic rings. The van der Waals surface area contributed by atoms with Crippen molar-refractivity contribution in [3.05, 3.63) is 39.9 Å². The zero-order valence-corrected chi connectivity index (χ0v) is 19.1. The quantitative estimate of drug-likeness (QED) is 0.277. The van der Waals surface area contributed by atoms with Gasteiger partial charge in [0.1, 0.15) is 5.92 Å². The van der Waals surface area contributed by atoms with Crippen molar-refractivity contribution in [3.8, 4) is 0 Å². The molecular formula is C23H31NO8. The molecular weight excluding hydrogens is 418 g/mol. The average Bonchev–Trinajstić information content (AvgIpc) is 2.69. The summed E-state index contributed by atoms with van der Waals surface area (Å²) in [5.41, 5.74) is -1.86.